The lowest BCUT2D eigenvalue weighted by molar-refractivity contribution is -0.140. The smallest absolute Gasteiger partial charge is 0.308 e. The zero-order chi connectivity index (χ0) is 12.8. The molecule has 0 aromatic carbocycles. The van der Waals surface area contributed by atoms with Gasteiger partial charge >= 0.3 is 11.9 Å². The molecule has 0 spiro atoms. The lowest BCUT2D eigenvalue weighted by atomic mass is 10.3. The minimum absolute atomic E-state index is 0.00105. The van der Waals surface area contributed by atoms with Crippen molar-refractivity contribution in [2.24, 2.45) is 0 Å². The van der Waals surface area contributed by atoms with Gasteiger partial charge in [0.15, 0.2) is 0 Å². The van der Waals surface area contributed by atoms with Gasteiger partial charge in [-0.1, -0.05) is 11.8 Å². The summed E-state index contributed by atoms with van der Waals surface area (Å²) in [6.45, 7) is 1.79. The molecular weight excluding hydrogens is 262 g/mol. The number of methoxy groups -OCH3 is 1. The molecule has 1 aromatic rings. The van der Waals surface area contributed by atoms with E-state index >= 15 is 0 Å². The molecule has 94 valence electrons. The quantitative estimate of drug-likeness (QED) is 0.629. The highest BCUT2D eigenvalue weighted by Crippen LogP contribution is 2.27. The van der Waals surface area contributed by atoms with Gasteiger partial charge in [-0.25, -0.2) is 4.98 Å². The number of hydrogen-bond donors (Lipinski definition) is 1. The molecule has 7 heteroatoms. The van der Waals surface area contributed by atoms with Gasteiger partial charge in [0, 0.05) is 10.6 Å². The van der Waals surface area contributed by atoms with E-state index in [0.29, 0.717) is 12.2 Å². The van der Waals surface area contributed by atoms with E-state index in [1.165, 1.54) is 30.2 Å². The largest absolute Gasteiger partial charge is 0.481 e. The molecule has 0 aliphatic rings. The molecule has 17 heavy (non-hydrogen) atoms. The fourth-order valence-corrected chi connectivity index (χ4v) is 3.30. The Hall–Kier alpha value is -1.08. The van der Waals surface area contributed by atoms with Crippen molar-refractivity contribution in [2.45, 2.75) is 24.1 Å². The van der Waals surface area contributed by atoms with Crippen molar-refractivity contribution in [2.75, 3.05) is 12.9 Å². The van der Waals surface area contributed by atoms with Gasteiger partial charge in [0.05, 0.1) is 25.6 Å². The number of hydrogen-bond acceptors (Lipinski definition) is 6. The van der Waals surface area contributed by atoms with E-state index in [1.807, 2.05) is 0 Å². The van der Waals surface area contributed by atoms with Gasteiger partial charge in [-0.05, 0) is 6.92 Å². The van der Waals surface area contributed by atoms with E-state index in [1.54, 1.807) is 6.92 Å². The van der Waals surface area contributed by atoms with Crippen LogP contribution in [0.25, 0.3) is 0 Å². The third-order valence-electron chi connectivity index (χ3n) is 1.94. The summed E-state index contributed by atoms with van der Waals surface area (Å²) in [5.74, 6) is -0.522. The number of aromatic nitrogens is 1. The standard InChI is InChI=1S/C10H13NO4S2/c1-6-7(5-8(12)13)17-10(11-6)16-4-3-9(14)15-2/h3-5H2,1-2H3,(H,12,13). The topological polar surface area (TPSA) is 76.5 Å². The minimum atomic E-state index is -0.858. The summed E-state index contributed by atoms with van der Waals surface area (Å²) in [5, 5.41) is 8.69. The number of carbonyl (C=O) groups excluding carboxylic acids is 1. The number of carboxylic acids is 1. The molecule has 0 amide bonds. The van der Waals surface area contributed by atoms with Crippen molar-refractivity contribution in [3.05, 3.63) is 10.6 Å². The second-order valence-corrected chi connectivity index (χ2v) is 5.66. The second kappa shape index (κ2) is 6.61. The Kier molecular flexibility index (Phi) is 5.43. The maximum atomic E-state index is 10.9. The van der Waals surface area contributed by atoms with Crippen molar-refractivity contribution < 1.29 is 19.4 Å². The first kappa shape index (κ1) is 14.0. The lowest BCUT2D eigenvalue weighted by Crippen LogP contribution is -2.00. The summed E-state index contributed by atoms with van der Waals surface area (Å²) in [6.07, 6.45) is 0.328. The zero-order valence-corrected chi connectivity index (χ0v) is 11.2. The fourth-order valence-electron chi connectivity index (χ4n) is 1.09. The molecule has 0 aliphatic heterocycles. The summed E-state index contributed by atoms with van der Waals surface area (Å²) < 4.78 is 5.32. The van der Waals surface area contributed by atoms with Crippen LogP contribution >= 0.6 is 23.1 Å². The number of carbonyl (C=O) groups is 2. The Balaban J connectivity index is 2.49. The van der Waals surface area contributed by atoms with Crippen LogP contribution in [0.1, 0.15) is 17.0 Å². The molecule has 0 fully saturated rings. The number of carboxylic acid groups (broad SMARTS) is 1. The second-order valence-electron chi connectivity index (χ2n) is 3.23. The first-order chi connectivity index (χ1) is 8.02. The first-order valence-corrected chi connectivity index (χ1v) is 6.71. The average molecular weight is 275 g/mol. The Bertz CT molecular complexity index is 416. The van der Waals surface area contributed by atoms with Gasteiger partial charge in [0.1, 0.15) is 4.34 Å². The maximum Gasteiger partial charge on any atom is 0.308 e. The van der Waals surface area contributed by atoms with E-state index < -0.39 is 5.97 Å². The monoisotopic (exact) mass is 275 g/mol. The molecule has 0 unspecified atom stereocenters. The van der Waals surface area contributed by atoms with Crippen LogP contribution in [0.2, 0.25) is 0 Å². The van der Waals surface area contributed by atoms with Crippen LogP contribution in [0.4, 0.5) is 0 Å². The van der Waals surface area contributed by atoms with Crippen LogP contribution in [-0.4, -0.2) is 34.9 Å². The molecule has 1 N–H and O–H groups in total. The lowest BCUT2D eigenvalue weighted by Gasteiger charge is -1.96. The SMILES string of the molecule is COC(=O)CCSc1nc(C)c(CC(=O)O)s1. The fraction of sp³-hybridized carbons (Fsp3) is 0.500. The zero-order valence-electron chi connectivity index (χ0n) is 9.56. The highest BCUT2D eigenvalue weighted by atomic mass is 32.2. The Morgan fingerprint density at radius 2 is 2.24 bits per heavy atom. The third kappa shape index (κ3) is 4.74. The van der Waals surface area contributed by atoms with Crippen LogP contribution < -0.4 is 0 Å². The minimum Gasteiger partial charge on any atom is -0.481 e. The van der Waals surface area contributed by atoms with Crippen molar-refractivity contribution >= 4 is 35.0 Å². The van der Waals surface area contributed by atoms with Crippen LogP contribution in [0.15, 0.2) is 4.34 Å². The Morgan fingerprint density at radius 3 is 2.82 bits per heavy atom. The number of rotatable bonds is 6. The molecule has 0 saturated carbocycles. The van der Waals surface area contributed by atoms with Crippen LogP contribution in [0, 0.1) is 6.92 Å². The Labute approximate surface area is 107 Å². The third-order valence-corrected chi connectivity index (χ3v) is 4.25. The highest BCUT2D eigenvalue weighted by molar-refractivity contribution is 8.01. The first-order valence-electron chi connectivity index (χ1n) is 4.90. The van der Waals surface area contributed by atoms with Crippen molar-refractivity contribution in [3.63, 3.8) is 0 Å². The average Bonchev–Trinajstić information content (AvgIpc) is 2.58. The van der Waals surface area contributed by atoms with E-state index in [0.717, 1.165) is 14.9 Å². The maximum absolute atomic E-state index is 10.9. The number of nitrogens with zero attached hydrogens (tertiary/aromatic N) is 1. The summed E-state index contributed by atoms with van der Waals surface area (Å²) in [5.41, 5.74) is 0.748. The van der Waals surface area contributed by atoms with Gasteiger partial charge in [-0.3, -0.25) is 9.59 Å². The number of aliphatic carboxylic acids is 1. The van der Waals surface area contributed by atoms with Crippen molar-refractivity contribution in [1.29, 1.82) is 0 Å². The molecule has 0 saturated heterocycles. The van der Waals surface area contributed by atoms with E-state index in [2.05, 4.69) is 9.72 Å². The summed E-state index contributed by atoms with van der Waals surface area (Å²) in [7, 11) is 1.35. The molecule has 0 aliphatic carbocycles. The predicted octanol–water partition coefficient (Wildman–Crippen LogP) is 1.73. The van der Waals surface area contributed by atoms with Crippen LogP contribution in [0.3, 0.4) is 0 Å². The highest BCUT2D eigenvalue weighted by Gasteiger charge is 2.11. The van der Waals surface area contributed by atoms with Crippen molar-refractivity contribution in [3.8, 4) is 0 Å². The molecule has 5 nitrogen and oxygen atoms in total. The van der Waals surface area contributed by atoms with Gasteiger partial charge in [-0.2, -0.15) is 0 Å². The molecular formula is C10H13NO4S2. The van der Waals surface area contributed by atoms with Crippen LogP contribution in [0.5, 0.6) is 0 Å². The number of esters is 1. The number of thiazole rings is 1. The number of thioether (sulfide) groups is 1. The van der Waals surface area contributed by atoms with Gasteiger partial charge < -0.3 is 9.84 Å². The normalized spacial score (nSPS) is 10.2. The van der Waals surface area contributed by atoms with E-state index in [-0.39, 0.29) is 12.4 Å². The predicted molar refractivity (Wildman–Crippen MR) is 65.5 cm³/mol. The van der Waals surface area contributed by atoms with Gasteiger partial charge in [0.2, 0.25) is 0 Å². The molecule has 1 aromatic heterocycles. The van der Waals surface area contributed by atoms with E-state index in [4.69, 9.17) is 5.11 Å². The summed E-state index contributed by atoms with van der Waals surface area (Å²) in [6, 6.07) is 0. The van der Waals surface area contributed by atoms with Crippen LogP contribution in [-0.2, 0) is 20.7 Å². The van der Waals surface area contributed by atoms with E-state index in [9.17, 15) is 9.59 Å². The molecule has 1 rings (SSSR count). The molecule has 0 bridgehead atoms. The number of aryl methyl sites for hydroxylation is 1. The Morgan fingerprint density at radius 1 is 1.53 bits per heavy atom. The summed E-state index contributed by atoms with van der Waals surface area (Å²) in [4.78, 5) is 26.5. The number of ether oxygens (including phenoxy) is 1. The molecule has 0 atom stereocenters. The van der Waals surface area contributed by atoms with Gasteiger partial charge in [-0.15, -0.1) is 11.3 Å². The van der Waals surface area contributed by atoms with Gasteiger partial charge in [0.25, 0.3) is 0 Å². The summed E-state index contributed by atoms with van der Waals surface area (Å²) >= 11 is 2.81. The molecule has 0 radical (unpaired) electrons. The molecule has 1 heterocycles. The van der Waals surface area contributed by atoms with Crippen molar-refractivity contribution in [1.82, 2.24) is 4.98 Å².